The molecule has 6 heteroatoms. The molecule has 1 amide bonds. The fourth-order valence-electron chi connectivity index (χ4n) is 4.58. The van der Waals surface area contributed by atoms with E-state index in [4.69, 9.17) is 14.2 Å². The van der Waals surface area contributed by atoms with Crippen LogP contribution in [0.4, 0.5) is 0 Å². The third kappa shape index (κ3) is 4.31. The van der Waals surface area contributed by atoms with Gasteiger partial charge in [0.2, 0.25) is 0 Å². The van der Waals surface area contributed by atoms with Crippen LogP contribution in [0.15, 0.2) is 42.5 Å². The predicted octanol–water partition coefficient (Wildman–Crippen LogP) is 4.61. The molecule has 0 aromatic heterocycles. The molecule has 0 radical (unpaired) electrons. The zero-order valence-electron chi connectivity index (χ0n) is 19.2. The maximum Gasteiger partial charge on any atom is 0.263 e. The number of amides is 1. The number of carbonyl (C=O) groups is 2. The van der Waals surface area contributed by atoms with E-state index in [2.05, 4.69) is 13.8 Å². The number of likely N-dealkylation sites (tertiary alicyclic amines) is 1. The van der Waals surface area contributed by atoms with Crippen LogP contribution < -0.4 is 14.2 Å². The van der Waals surface area contributed by atoms with Crippen LogP contribution in [0, 0.1) is 0 Å². The quantitative estimate of drug-likeness (QED) is 0.683. The van der Waals surface area contributed by atoms with Crippen molar-refractivity contribution in [3.63, 3.8) is 0 Å². The summed E-state index contributed by atoms with van der Waals surface area (Å²) in [5.41, 5.74) is 1.11. The number of ether oxygens (including phenoxy) is 3. The highest BCUT2D eigenvalue weighted by molar-refractivity contribution is 6.00. The summed E-state index contributed by atoms with van der Waals surface area (Å²) >= 11 is 0. The molecule has 6 nitrogen and oxygen atoms in total. The van der Waals surface area contributed by atoms with Crippen LogP contribution in [-0.4, -0.2) is 48.5 Å². The minimum atomic E-state index is -0.578. The molecule has 32 heavy (non-hydrogen) atoms. The van der Waals surface area contributed by atoms with Crippen molar-refractivity contribution in [1.29, 1.82) is 0 Å². The van der Waals surface area contributed by atoms with Gasteiger partial charge in [-0.05, 0) is 42.7 Å². The van der Waals surface area contributed by atoms with Crippen LogP contribution in [0.1, 0.15) is 61.9 Å². The number of ketones is 1. The zero-order valence-corrected chi connectivity index (χ0v) is 19.2. The second-order valence-electron chi connectivity index (χ2n) is 9.03. The van der Waals surface area contributed by atoms with Crippen molar-refractivity contribution < 1.29 is 23.8 Å². The van der Waals surface area contributed by atoms with Gasteiger partial charge in [0.15, 0.2) is 11.9 Å². The van der Waals surface area contributed by atoms with E-state index in [1.165, 1.54) is 0 Å². The van der Waals surface area contributed by atoms with E-state index in [0.29, 0.717) is 55.3 Å². The third-order valence-electron chi connectivity index (χ3n) is 6.48. The SMILES string of the molecule is COc1ccc2c(c1)C(=O)CC1(CCN(C(=O)C(C)Oc3ccccc3C(C)C)CC1)O2. The standard InChI is InChI=1S/C26H31NO5/c1-17(2)20-7-5-6-8-23(20)31-18(3)25(29)27-13-11-26(12-14-27)16-22(28)21-15-19(30-4)9-10-24(21)32-26/h5-10,15,17-18H,11-14,16H2,1-4H3. The first-order valence-electron chi connectivity index (χ1n) is 11.3. The predicted molar refractivity (Wildman–Crippen MR) is 122 cm³/mol. The Bertz CT molecular complexity index is 1010. The van der Waals surface area contributed by atoms with Crippen LogP contribution >= 0.6 is 0 Å². The minimum Gasteiger partial charge on any atom is -0.497 e. The van der Waals surface area contributed by atoms with Gasteiger partial charge in [0, 0.05) is 25.9 Å². The molecule has 0 aliphatic carbocycles. The molecule has 4 rings (SSSR count). The number of hydrogen-bond donors (Lipinski definition) is 0. The van der Waals surface area contributed by atoms with Crippen molar-refractivity contribution in [3.8, 4) is 17.2 Å². The number of rotatable bonds is 5. The lowest BCUT2D eigenvalue weighted by Gasteiger charge is -2.44. The van der Waals surface area contributed by atoms with Crippen molar-refractivity contribution in [2.75, 3.05) is 20.2 Å². The van der Waals surface area contributed by atoms with E-state index < -0.39 is 11.7 Å². The van der Waals surface area contributed by atoms with Crippen LogP contribution in [0.2, 0.25) is 0 Å². The number of benzene rings is 2. The largest absolute Gasteiger partial charge is 0.497 e. The van der Waals surface area contributed by atoms with Crippen molar-refractivity contribution in [3.05, 3.63) is 53.6 Å². The van der Waals surface area contributed by atoms with Gasteiger partial charge in [-0.1, -0.05) is 32.0 Å². The molecule has 2 aliphatic heterocycles. The van der Waals surface area contributed by atoms with E-state index in [1.807, 2.05) is 29.2 Å². The maximum atomic E-state index is 13.1. The highest BCUT2D eigenvalue weighted by atomic mass is 16.5. The summed E-state index contributed by atoms with van der Waals surface area (Å²) in [5.74, 6) is 2.34. The van der Waals surface area contributed by atoms with Crippen LogP contribution in [-0.2, 0) is 4.79 Å². The summed E-state index contributed by atoms with van der Waals surface area (Å²) in [5, 5.41) is 0. The van der Waals surface area contributed by atoms with Gasteiger partial charge in [0.25, 0.3) is 5.91 Å². The molecule has 170 valence electrons. The number of Topliss-reactive ketones (excluding diaryl/α,β-unsaturated/α-hetero) is 1. The van der Waals surface area contributed by atoms with E-state index in [-0.39, 0.29) is 11.7 Å². The van der Waals surface area contributed by atoms with Crippen LogP contribution in [0.5, 0.6) is 17.2 Å². The molecular formula is C26H31NO5. The molecule has 2 aromatic carbocycles. The Hall–Kier alpha value is -3.02. The average Bonchev–Trinajstić information content (AvgIpc) is 2.79. The molecule has 2 aliphatic rings. The third-order valence-corrected chi connectivity index (χ3v) is 6.48. The topological polar surface area (TPSA) is 65.1 Å². The van der Waals surface area contributed by atoms with Crippen molar-refractivity contribution in [1.82, 2.24) is 4.90 Å². The lowest BCUT2D eigenvalue weighted by Crippen LogP contribution is -2.54. The molecule has 1 atom stereocenters. The number of piperidine rings is 1. The first-order valence-corrected chi connectivity index (χ1v) is 11.3. The summed E-state index contributed by atoms with van der Waals surface area (Å²) in [6.07, 6.45) is 0.977. The number of methoxy groups -OCH3 is 1. The molecule has 0 saturated carbocycles. The minimum absolute atomic E-state index is 0.0364. The number of nitrogens with zero attached hydrogens (tertiary/aromatic N) is 1. The molecule has 1 fully saturated rings. The Morgan fingerprint density at radius 2 is 1.81 bits per heavy atom. The van der Waals surface area contributed by atoms with Crippen molar-refractivity contribution >= 4 is 11.7 Å². The van der Waals surface area contributed by atoms with E-state index in [0.717, 1.165) is 11.3 Å². The number of carbonyl (C=O) groups excluding carboxylic acids is 2. The lowest BCUT2D eigenvalue weighted by molar-refractivity contribution is -0.141. The van der Waals surface area contributed by atoms with Gasteiger partial charge in [-0.25, -0.2) is 0 Å². The summed E-state index contributed by atoms with van der Waals surface area (Å²) in [6, 6.07) is 13.2. The second-order valence-corrected chi connectivity index (χ2v) is 9.03. The van der Waals surface area contributed by atoms with Gasteiger partial charge in [-0.15, -0.1) is 0 Å². The number of fused-ring (bicyclic) bond motifs is 1. The molecular weight excluding hydrogens is 406 g/mol. The summed E-state index contributed by atoms with van der Waals surface area (Å²) in [6.45, 7) is 7.10. The summed E-state index contributed by atoms with van der Waals surface area (Å²) < 4.78 is 17.6. The number of para-hydroxylation sites is 1. The van der Waals surface area contributed by atoms with Crippen LogP contribution in [0.25, 0.3) is 0 Å². The molecule has 2 heterocycles. The Morgan fingerprint density at radius 3 is 2.50 bits per heavy atom. The van der Waals surface area contributed by atoms with E-state index in [1.54, 1.807) is 32.2 Å². The van der Waals surface area contributed by atoms with Crippen LogP contribution in [0.3, 0.4) is 0 Å². The Kier molecular flexibility index (Phi) is 6.13. The average molecular weight is 438 g/mol. The van der Waals surface area contributed by atoms with E-state index >= 15 is 0 Å². The molecule has 1 spiro atoms. The van der Waals surface area contributed by atoms with Gasteiger partial charge in [-0.2, -0.15) is 0 Å². The first-order chi connectivity index (χ1) is 15.3. The first kappa shape index (κ1) is 22.2. The van der Waals surface area contributed by atoms with Gasteiger partial charge in [-0.3, -0.25) is 9.59 Å². The van der Waals surface area contributed by atoms with Crippen molar-refractivity contribution in [2.24, 2.45) is 0 Å². The van der Waals surface area contributed by atoms with Gasteiger partial charge >= 0.3 is 0 Å². The lowest BCUT2D eigenvalue weighted by atomic mass is 9.82. The summed E-state index contributed by atoms with van der Waals surface area (Å²) in [4.78, 5) is 27.7. The van der Waals surface area contributed by atoms with Crippen molar-refractivity contribution in [2.45, 2.75) is 57.7 Å². The summed E-state index contributed by atoms with van der Waals surface area (Å²) in [7, 11) is 1.58. The molecule has 2 aromatic rings. The highest BCUT2D eigenvalue weighted by Gasteiger charge is 2.44. The number of hydrogen-bond acceptors (Lipinski definition) is 5. The second kappa shape index (κ2) is 8.85. The zero-order chi connectivity index (χ0) is 22.9. The maximum absolute atomic E-state index is 13.1. The monoisotopic (exact) mass is 437 g/mol. The molecule has 0 N–H and O–H groups in total. The Balaban J connectivity index is 1.40. The van der Waals surface area contributed by atoms with E-state index in [9.17, 15) is 9.59 Å². The highest BCUT2D eigenvalue weighted by Crippen LogP contribution is 2.40. The molecule has 0 bridgehead atoms. The Morgan fingerprint density at radius 1 is 1.09 bits per heavy atom. The molecule has 1 saturated heterocycles. The van der Waals surface area contributed by atoms with Gasteiger partial charge < -0.3 is 19.1 Å². The fourth-order valence-corrected chi connectivity index (χ4v) is 4.58. The normalized spacial score (nSPS) is 18.2. The van der Waals surface area contributed by atoms with Gasteiger partial charge in [0.1, 0.15) is 22.8 Å². The smallest absolute Gasteiger partial charge is 0.263 e. The molecule has 1 unspecified atom stereocenters. The Labute approximate surface area is 189 Å². The fraction of sp³-hybridized carbons (Fsp3) is 0.462. The van der Waals surface area contributed by atoms with Gasteiger partial charge in [0.05, 0.1) is 19.1 Å².